The van der Waals surface area contributed by atoms with Gasteiger partial charge < -0.3 is 20.5 Å². The predicted octanol–water partition coefficient (Wildman–Crippen LogP) is 5.02. The number of fused-ring (bicyclic) bond motifs is 2. The number of hydrogen-bond donors (Lipinski definition) is 2. The van der Waals surface area contributed by atoms with Gasteiger partial charge in [0, 0.05) is 29.5 Å². The Bertz CT molecular complexity index is 2190. The zero-order valence-corrected chi connectivity index (χ0v) is 31.5. The number of hydrogen-bond acceptors (Lipinski definition) is 11. The molecule has 0 bridgehead atoms. The molecule has 6 aromatic rings. The highest BCUT2D eigenvalue weighted by molar-refractivity contribution is 7.98. The van der Waals surface area contributed by atoms with Crippen molar-refractivity contribution in [2.45, 2.75) is 61.3 Å². The fraction of sp³-hybridized carbons (Fsp3) is 0.324. The van der Waals surface area contributed by atoms with Gasteiger partial charge in [0.15, 0.2) is 27.0 Å². The van der Waals surface area contributed by atoms with Crippen molar-refractivity contribution in [2.24, 2.45) is 5.73 Å². The Morgan fingerprint density at radius 2 is 1.35 bits per heavy atom. The molecule has 6 rings (SSSR count). The molecule has 0 saturated carbocycles. The van der Waals surface area contributed by atoms with Gasteiger partial charge in [0.05, 0.1) is 36.9 Å². The molecule has 13 nitrogen and oxygen atoms in total. The van der Waals surface area contributed by atoms with E-state index in [0.717, 1.165) is 23.3 Å². The molecule has 0 radical (unpaired) electrons. The van der Waals surface area contributed by atoms with Crippen LogP contribution >= 0.6 is 11.8 Å². The normalized spacial score (nSPS) is 13.0. The van der Waals surface area contributed by atoms with Gasteiger partial charge in [0.2, 0.25) is 5.91 Å². The zero-order valence-electron chi connectivity index (χ0n) is 29.8. The van der Waals surface area contributed by atoms with E-state index < -0.39 is 27.3 Å². The molecule has 52 heavy (non-hydrogen) atoms. The highest BCUT2D eigenvalue weighted by atomic mass is 32.2. The molecule has 0 unspecified atom stereocenters. The summed E-state index contributed by atoms with van der Waals surface area (Å²) in [4.78, 5) is 13.8. The third-order valence-corrected chi connectivity index (χ3v) is 9.80. The number of nitrogens with zero attached hydrogens (tertiary/aromatic N) is 6. The highest BCUT2D eigenvalue weighted by Gasteiger charge is 2.28. The first-order chi connectivity index (χ1) is 24.8. The summed E-state index contributed by atoms with van der Waals surface area (Å²) in [5.41, 5.74) is 8.30. The van der Waals surface area contributed by atoms with Gasteiger partial charge in [0.25, 0.3) is 0 Å². The maximum absolute atomic E-state index is 12.5. The lowest BCUT2D eigenvalue weighted by atomic mass is 10.1. The van der Waals surface area contributed by atoms with Gasteiger partial charge in [0.1, 0.15) is 11.9 Å². The summed E-state index contributed by atoms with van der Waals surface area (Å²) in [7, 11) is -3.43. The summed E-state index contributed by atoms with van der Waals surface area (Å²) in [6, 6.07) is 26.2. The topological polar surface area (TPSA) is 168 Å². The van der Waals surface area contributed by atoms with E-state index in [-0.39, 0.29) is 17.4 Å². The SMILES string of the molecule is CC(C)(N)C(=O)N[C@H](COCc1ccccc1)c1nnc2ccc(S(C)(=O)=O)cn12.CSc1ccc2nnc([C@H](C)COCc3ccccc3)n2c1. The standard InChI is InChI=1S/C20H25N5O4S.C17H19N3OS/c1-20(2,21)19(26)22-16(13-29-12-14-7-5-4-6-8-14)18-24-23-17-10-9-15(11-25(17)18)30(3,27)28;1-13(11-21-12-14-6-4-3-5-7-14)17-19-18-16-9-8-15(22-2)10-20(16)17/h4-11,16H,12-13,21H2,1-3H3,(H,22,26);3-10,13H,11-12H2,1-2H3/t16-;13-/m11/s1. The average Bonchev–Trinajstić information content (AvgIpc) is 3.75. The number of ether oxygens (including phenoxy) is 2. The monoisotopic (exact) mass is 744 g/mol. The number of amides is 1. The molecule has 0 aliphatic heterocycles. The number of benzene rings is 2. The van der Waals surface area contributed by atoms with Crippen LogP contribution in [0.15, 0.2) is 107 Å². The molecule has 0 spiro atoms. The molecular weight excluding hydrogens is 701 g/mol. The number of aromatic nitrogens is 6. The average molecular weight is 745 g/mol. The van der Waals surface area contributed by atoms with Gasteiger partial charge in [-0.05, 0) is 55.5 Å². The predicted molar refractivity (Wildman–Crippen MR) is 201 cm³/mol. The van der Waals surface area contributed by atoms with Gasteiger partial charge in [-0.25, -0.2) is 8.42 Å². The van der Waals surface area contributed by atoms with Crippen LogP contribution in [0.1, 0.15) is 55.5 Å². The highest BCUT2D eigenvalue weighted by Crippen LogP contribution is 2.21. The largest absolute Gasteiger partial charge is 0.376 e. The molecule has 0 aliphatic rings. The minimum absolute atomic E-state index is 0.0978. The first-order valence-electron chi connectivity index (χ1n) is 16.6. The smallest absolute Gasteiger partial charge is 0.240 e. The second-order valence-corrected chi connectivity index (χ2v) is 15.8. The van der Waals surface area contributed by atoms with E-state index in [4.69, 9.17) is 15.2 Å². The summed E-state index contributed by atoms with van der Waals surface area (Å²) in [6.45, 7) is 6.98. The number of thioether (sulfide) groups is 1. The quantitative estimate of drug-likeness (QED) is 0.144. The number of nitrogens with one attached hydrogen (secondary N) is 1. The van der Waals surface area contributed by atoms with E-state index in [1.165, 1.54) is 27.1 Å². The van der Waals surface area contributed by atoms with E-state index in [1.807, 2.05) is 54.6 Å². The lowest BCUT2D eigenvalue weighted by Gasteiger charge is -2.23. The van der Waals surface area contributed by atoms with Crippen molar-refractivity contribution in [1.82, 2.24) is 34.5 Å². The molecule has 0 saturated heterocycles. The molecule has 15 heteroatoms. The second-order valence-electron chi connectivity index (χ2n) is 12.9. The third kappa shape index (κ3) is 10.2. The molecule has 4 heterocycles. The third-order valence-electron chi connectivity index (χ3n) is 7.99. The minimum Gasteiger partial charge on any atom is -0.376 e. The Balaban J connectivity index is 0.000000210. The van der Waals surface area contributed by atoms with Gasteiger partial charge in [-0.15, -0.1) is 32.2 Å². The van der Waals surface area contributed by atoms with Crippen LogP contribution in [0.4, 0.5) is 0 Å². The Hall–Kier alpha value is -4.67. The lowest BCUT2D eigenvalue weighted by molar-refractivity contribution is -0.126. The Morgan fingerprint density at radius 1 is 0.808 bits per heavy atom. The van der Waals surface area contributed by atoms with Crippen LogP contribution in [0.2, 0.25) is 0 Å². The number of sulfone groups is 1. The second kappa shape index (κ2) is 17.2. The maximum atomic E-state index is 12.5. The number of carbonyl (C=O) groups is 1. The van der Waals surface area contributed by atoms with Crippen molar-refractivity contribution >= 4 is 38.8 Å². The maximum Gasteiger partial charge on any atom is 0.240 e. The Kier molecular flexibility index (Phi) is 12.8. The lowest BCUT2D eigenvalue weighted by Crippen LogP contribution is -2.50. The van der Waals surface area contributed by atoms with E-state index >= 15 is 0 Å². The summed E-state index contributed by atoms with van der Waals surface area (Å²) < 4.78 is 39.1. The van der Waals surface area contributed by atoms with Gasteiger partial charge in [-0.2, -0.15) is 0 Å². The molecule has 0 fully saturated rings. The molecule has 4 aromatic heterocycles. The number of pyridine rings is 2. The van der Waals surface area contributed by atoms with Crippen molar-refractivity contribution in [2.75, 3.05) is 25.7 Å². The molecule has 3 N–H and O–H groups in total. The van der Waals surface area contributed by atoms with Crippen molar-refractivity contribution in [3.05, 3.63) is 120 Å². The zero-order chi connectivity index (χ0) is 37.3. The van der Waals surface area contributed by atoms with Crippen LogP contribution < -0.4 is 11.1 Å². The van der Waals surface area contributed by atoms with Crippen LogP contribution in [-0.4, -0.2) is 74.8 Å². The summed E-state index contributed by atoms with van der Waals surface area (Å²) >= 11 is 1.71. The molecule has 2 atom stereocenters. The first-order valence-corrected chi connectivity index (χ1v) is 19.7. The van der Waals surface area contributed by atoms with Crippen LogP contribution in [0.25, 0.3) is 11.3 Å². The van der Waals surface area contributed by atoms with Crippen LogP contribution in [-0.2, 0) is 37.3 Å². The van der Waals surface area contributed by atoms with Crippen LogP contribution in [0.5, 0.6) is 0 Å². The minimum atomic E-state index is -3.43. The van der Waals surface area contributed by atoms with E-state index in [9.17, 15) is 13.2 Å². The summed E-state index contributed by atoms with van der Waals surface area (Å²) in [5.74, 6) is 1.09. The fourth-order valence-corrected chi connectivity index (χ4v) is 6.11. The summed E-state index contributed by atoms with van der Waals surface area (Å²) in [6.07, 6.45) is 6.71. The van der Waals surface area contributed by atoms with Crippen molar-refractivity contribution in [3.63, 3.8) is 0 Å². The molecule has 0 aliphatic carbocycles. The van der Waals surface area contributed by atoms with Gasteiger partial charge in [-0.3, -0.25) is 13.6 Å². The fourth-order valence-electron chi connectivity index (χ4n) is 5.09. The Morgan fingerprint density at radius 3 is 1.90 bits per heavy atom. The number of carbonyl (C=O) groups excluding carboxylic acids is 1. The molecule has 2 aromatic carbocycles. The van der Waals surface area contributed by atoms with Gasteiger partial charge >= 0.3 is 0 Å². The Labute approximate surface area is 307 Å². The van der Waals surface area contributed by atoms with Crippen molar-refractivity contribution < 1.29 is 22.7 Å². The summed E-state index contributed by atoms with van der Waals surface area (Å²) in [5, 5.41) is 19.6. The van der Waals surface area contributed by atoms with E-state index in [2.05, 4.69) is 67.7 Å². The number of rotatable bonds is 14. The molecular formula is C37H44N8O5S2. The van der Waals surface area contributed by atoms with Crippen molar-refractivity contribution in [1.29, 1.82) is 0 Å². The number of nitrogens with two attached hydrogens (primary N) is 1. The molecule has 274 valence electrons. The van der Waals surface area contributed by atoms with E-state index in [0.29, 0.717) is 31.3 Å². The van der Waals surface area contributed by atoms with Crippen LogP contribution in [0, 0.1) is 0 Å². The van der Waals surface area contributed by atoms with Crippen molar-refractivity contribution in [3.8, 4) is 0 Å². The van der Waals surface area contributed by atoms with E-state index in [1.54, 1.807) is 31.7 Å². The van der Waals surface area contributed by atoms with Gasteiger partial charge in [-0.1, -0.05) is 67.6 Å². The van der Waals surface area contributed by atoms with Crippen LogP contribution in [0.3, 0.4) is 0 Å². The first kappa shape index (κ1) is 38.6. The molecule has 1 amide bonds.